The fourth-order valence-electron chi connectivity index (χ4n) is 2.68. The van der Waals surface area contributed by atoms with E-state index in [1.54, 1.807) is 49.4 Å². The van der Waals surface area contributed by atoms with E-state index >= 15 is 0 Å². The lowest BCUT2D eigenvalue weighted by atomic mass is 10.3. The number of rotatable bonds is 9. The van der Waals surface area contributed by atoms with Gasteiger partial charge in [0.1, 0.15) is 17.3 Å². The van der Waals surface area contributed by atoms with E-state index in [1.165, 1.54) is 16.8 Å². The zero-order valence-corrected chi connectivity index (χ0v) is 16.7. The Morgan fingerprint density at radius 1 is 1.10 bits per heavy atom. The lowest BCUT2D eigenvalue weighted by Gasteiger charge is -2.10. The third kappa shape index (κ3) is 5.34. The first-order valence-corrected chi connectivity index (χ1v) is 9.43. The molecule has 0 fully saturated rings. The topological polar surface area (TPSA) is 109 Å². The number of ether oxygens (including phenoxy) is 2. The molecule has 0 bridgehead atoms. The largest absolute Gasteiger partial charge is 0.494 e. The smallest absolute Gasteiger partial charge is 0.269 e. The van der Waals surface area contributed by atoms with Crippen molar-refractivity contribution in [2.24, 2.45) is 0 Å². The van der Waals surface area contributed by atoms with Crippen molar-refractivity contribution in [1.29, 1.82) is 0 Å². The Bertz CT molecular complexity index is 1010. The Morgan fingerprint density at radius 2 is 1.73 bits per heavy atom. The van der Waals surface area contributed by atoms with E-state index in [4.69, 9.17) is 9.47 Å². The van der Waals surface area contributed by atoms with E-state index in [2.05, 4.69) is 10.4 Å². The minimum atomic E-state index is -0.472. The maximum absolute atomic E-state index is 12.3. The van der Waals surface area contributed by atoms with E-state index in [0.717, 1.165) is 12.2 Å². The summed E-state index contributed by atoms with van der Waals surface area (Å²) in [6, 6.07) is 14.7. The van der Waals surface area contributed by atoms with E-state index in [0.29, 0.717) is 29.6 Å². The van der Waals surface area contributed by atoms with Crippen LogP contribution in [0, 0.1) is 17.0 Å². The highest BCUT2D eigenvalue weighted by molar-refractivity contribution is 5.91. The van der Waals surface area contributed by atoms with Crippen molar-refractivity contribution >= 4 is 17.4 Å². The summed E-state index contributed by atoms with van der Waals surface area (Å²) in [6.45, 7) is 4.28. The molecular weight excluding hydrogens is 388 g/mol. The van der Waals surface area contributed by atoms with Gasteiger partial charge in [0.15, 0.2) is 6.61 Å². The number of hydrogen-bond donors (Lipinski definition) is 1. The monoisotopic (exact) mass is 410 g/mol. The second-order valence-electron chi connectivity index (χ2n) is 6.51. The normalized spacial score (nSPS) is 10.5. The van der Waals surface area contributed by atoms with Gasteiger partial charge in [-0.15, -0.1) is 0 Å². The molecule has 0 aliphatic heterocycles. The van der Waals surface area contributed by atoms with Crippen LogP contribution >= 0.6 is 0 Å². The van der Waals surface area contributed by atoms with E-state index in [-0.39, 0.29) is 18.2 Å². The molecule has 156 valence electrons. The van der Waals surface area contributed by atoms with Gasteiger partial charge in [-0.25, -0.2) is 4.68 Å². The fraction of sp³-hybridized carbons (Fsp3) is 0.238. The van der Waals surface area contributed by atoms with Crippen molar-refractivity contribution in [2.45, 2.75) is 20.3 Å². The number of carbonyl (C=O) groups excluding carboxylic acids is 1. The van der Waals surface area contributed by atoms with Gasteiger partial charge in [0.25, 0.3) is 11.6 Å². The van der Waals surface area contributed by atoms with E-state index in [1.807, 2.05) is 6.92 Å². The van der Waals surface area contributed by atoms with Gasteiger partial charge in [0, 0.05) is 18.2 Å². The van der Waals surface area contributed by atoms with Crippen LogP contribution in [0.3, 0.4) is 0 Å². The molecule has 0 saturated heterocycles. The van der Waals surface area contributed by atoms with Gasteiger partial charge in [0.2, 0.25) is 0 Å². The predicted octanol–water partition coefficient (Wildman–Crippen LogP) is 3.90. The van der Waals surface area contributed by atoms with Gasteiger partial charge in [-0.05, 0) is 49.7 Å². The number of amides is 1. The third-order valence-electron chi connectivity index (χ3n) is 4.07. The van der Waals surface area contributed by atoms with Crippen LogP contribution in [0.2, 0.25) is 0 Å². The SMILES string of the molecule is CCCOc1ccc(OCC(=O)Nc2cc(C)nn2-c2ccc([N+](=O)[O-])cc2)cc1. The molecule has 1 heterocycles. The van der Waals surface area contributed by atoms with Crippen molar-refractivity contribution in [3.8, 4) is 17.2 Å². The minimum Gasteiger partial charge on any atom is -0.494 e. The van der Waals surface area contributed by atoms with Gasteiger partial charge in [-0.1, -0.05) is 6.92 Å². The lowest BCUT2D eigenvalue weighted by Crippen LogP contribution is -2.21. The molecule has 0 radical (unpaired) electrons. The summed E-state index contributed by atoms with van der Waals surface area (Å²) in [5.74, 6) is 1.38. The van der Waals surface area contributed by atoms with Crippen molar-refractivity contribution < 1.29 is 19.2 Å². The van der Waals surface area contributed by atoms with Gasteiger partial charge in [0.05, 0.1) is 22.9 Å². The molecule has 9 heteroatoms. The number of anilines is 1. The fourth-order valence-corrected chi connectivity index (χ4v) is 2.68. The molecule has 2 aromatic carbocycles. The number of aryl methyl sites for hydroxylation is 1. The molecule has 0 spiro atoms. The van der Waals surface area contributed by atoms with Gasteiger partial charge < -0.3 is 14.8 Å². The average Bonchev–Trinajstić information content (AvgIpc) is 3.11. The first-order chi connectivity index (χ1) is 14.5. The van der Waals surface area contributed by atoms with Crippen LogP contribution in [0.5, 0.6) is 11.5 Å². The lowest BCUT2D eigenvalue weighted by molar-refractivity contribution is -0.384. The number of aromatic nitrogens is 2. The van der Waals surface area contributed by atoms with Crippen molar-refractivity contribution in [1.82, 2.24) is 9.78 Å². The number of hydrogen-bond acceptors (Lipinski definition) is 6. The Kier molecular flexibility index (Phi) is 6.63. The van der Waals surface area contributed by atoms with Gasteiger partial charge in [-0.3, -0.25) is 14.9 Å². The minimum absolute atomic E-state index is 0.0206. The molecule has 0 aliphatic rings. The Hall–Kier alpha value is -3.88. The van der Waals surface area contributed by atoms with Crippen LogP contribution in [0.15, 0.2) is 54.6 Å². The summed E-state index contributed by atoms with van der Waals surface area (Å²) >= 11 is 0. The van der Waals surface area contributed by atoms with E-state index < -0.39 is 4.92 Å². The Labute approximate surface area is 173 Å². The number of benzene rings is 2. The summed E-state index contributed by atoms with van der Waals surface area (Å²) in [5.41, 5.74) is 1.26. The number of nitro groups is 1. The Morgan fingerprint density at radius 3 is 2.33 bits per heavy atom. The van der Waals surface area contributed by atoms with Crippen molar-refractivity contribution in [3.05, 3.63) is 70.4 Å². The van der Waals surface area contributed by atoms with Crippen LogP contribution in [0.1, 0.15) is 19.0 Å². The summed E-state index contributed by atoms with van der Waals surface area (Å²) in [7, 11) is 0. The molecule has 0 unspecified atom stereocenters. The highest BCUT2D eigenvalue weighted by Gasteiger charge is 2.13. The number of nitro benzene ring substituents is 1. The molecule has 3 rings (SSSR count). The van der Waals surface area contributed by atoms with Crippen LogP contribution < -0.4 is 14.8 Å². The highest BCUT2D eigenvalue weighted by atomic mass is 16.6. The quantitative estimate of drug-likeness (QED) is 0.423. The second-order valence-corrected chi connectivity index (χ2v) is 6.51. The average molecular weight is 410 g/mol. The van der Waals surface area contributed by atoms with Crippen LogP contribution in [-0.4, -0.2) is 33.8 Å². The molecule has 0 saturated carbocycles. The maximum atomic E-state index is 12.3. The molecule has 9 nitrogen and oxygen atoms in total. The van der Waals surface area contributed by atoms with E-state index in [9.17, 15) is 14.9 Å². The number of nitrogens with zero attached hydrogens (tertiary/aromatic N) is 3. The van der Waals surface area contributed by atoms with Gasteiger partial charge in [-0.2, -0.15) is 5.10 Å². The number of non-ortho nitro benzene ring substituents is 1. The molecule has 30 heavy (non-hydrogen) atoms. The van der Waals surface area contributed by atoms with Crippen molar-refractivity contribution in [3.63, 3.8) is 0 Å². The summed E-state index contributed by atoms with van der Waals surface area (Å²) in [5, 5.41) is 17.9. The molecule has 0 aliphatic carbocycles. The van der Waals surface area contributed by atoms with Crippen LogP contribution in [0.4, 0.5) is 11.5 Å². The first-order valence-electron chi connectivity index (χ1n) is 9.43. The molecule has 1 N–H and O–H groups in total. The maximum Gasteiger partial charge on any atom is 0.269 e. The molecule has 1 aromatic heterocycles. The van der Waals surface area contributed by atoms with Crippen LogP contribution in [-0.2, 0) is 4.79 Å². The zero-order valence-electron chi connectivity index (χ0n) is 16.7. The third-order valence-corrected chi connectivity index (χ3v) is 4.07. The Balaban J connectivity index is 1.62. The standard InChI is InChI=1S/C21H22N4O5/c1-3-12-29-18-8-10-19(11-9-18)30-14-21(26)22-20-13-15(2)23-24(20)16-4-6-17(7-5-16)25(27)28/h4-11,13H,3,12,14H2,1-2H3,(H,22,26). The summed E-state index contributed by atoms with van der Waals surface area (Å²) < 4.78 is 12.5. The molecule has 0 atom stereocenters. The molecular formula is C21H22N4O5. The first kappa shape index (κ1) is 20.8. The van der Waals surface area contributed by atoms with Gasteiger partial charge >= 0.3 is 0 Å². The predicted molar refractivity (Wildman–Crippen MR) is 111 cm³/mol. The van der Waals surface area contributed by atoms with Crippen molar-refractivity contribution in [2.75, 3.05) is 18.5 Å². The zero-order chi connectivity index (χ0) is 21.5. The highest BCUT2D eigenvalue weighted by Crippen LogP contribution is 2.21. The molecule has 3 aromatic rings. The number of carbonyl (C=O) groups is 1. The molecule has 1 amide bonds. The number of nitrogens with one attached hydrogen (secondary N) is 1. The summed E-state index contributed by atoms with van der Waals surface area (Å²) in [4.78, 5) is 22.7. The second kappa shape index (κ2) is 9.55. The summed E-state index contributed by atoms with van der Waals surface area (Å²) in [6.07, 6.45) is 0.925. The van der Waals surface area contributed by atoms with Crippen LogP contribution in [0.25, 0.3) is 5.69 Å².